The Hall–Kier alpha value is -2.04. The second-order valence-corrected chi connectivity index (χ2v) is 6.12. The van der Waals surface area contributed by atoms with Gasteiger partial charge in [-0.2, -0.15) is 0 Å². The van der Waals surface area contributed by atoms with Gasteiger partial charge in [0.25, 0.3) is 0 Å². The number of carbonyl (C=O) groups is 1. The van der Waals surface area contributed by atoms with Gasteiger partial charge in [-0.05, 0) is 24.5 Å². The van der Waals surface area contributed by atoms with Gasteiger partial charge >= 0.3 is 0 Å². The molecule has 0 saturated carbocycles. The molecule has 5 nitrogen and oxygen atoms in total. The van der Waals surface area contributed by atoms with Crippen LogP contribution in [0, 0.1) is 5.92 Å². The summed E-state index contributed by atoms with van der Waals surface area (Å²) in [6, 6.07) is 8.59. The maximum Gasteiger partial charge on any atom is 0.222 e. The fourth-order valence-electron chi connectivity index (χ4n) is 2.65. The zero-order valence-corrected chi connectivity index (χ0v) is 14.4. The Morgan fingerprint density at radius 1 is 1.26 bits per heavy atom. The summed E-state index contributed by atoms with van der Waals surface area (Å²) in [5.74, 6) is 1.03. The van der Waals surface area contributed by atoms with Crippen LogP contribution >= 0.6 is 0 Å². The number of hydrogen-bond acceptors (Lipinski definition) is 2. The summed E-state index contributed by atoms with van der Waals surface area (Å²) in [5.41, 5.74) is 2.81. The first kappa shape index (κ1) is 17.3. The van der Waals surface area contributed by atoms with Crippen LogP contribution in [0.1, 0.15) is 31.9 Å². The number of amides is 1. The van der Waals surface area contributed by atoms with Crippen LogP contribution < -0.4 is 10.6 Å². The average Bonchev–Trinajstić information content (AvgIpc) is 2.56. The maximum absolute atomic E-state index is 11.6. The van der Waals surface area contributed by atoms with Crippen LogP contribution in [0.4, 0.5) is 0 Å². The van der Waals surface area contributed by atoms with E-state index in [1.807, 2.05) is 13.8 Å². The Kier molecular flexibility index (Phi) is 6.44. The van der Waals surface area contributed by atoms with Crippen molar-refractivity contribution in [3.8, 4) is 0 Å². The third kappa shape index (κ3) is 4.98. The van der Waals surface area contributed by atoms with Gasteiger partial charge in [0.05, 0.1) is 6.54 Å². The summed E-state index contributed by atoms with van der Waals surface area (Å²) < 4.78 is 0. The van der Waals surface area contributed by atoms with Gasteiger partial charge in [-0.15, -0.1) is 0 Å². The van der Waals surface area contributed by atoms with Gasteiger partial charge in [0.2, 0.25) is 5.91 Å². The normalized spacial score (nSPS) is 14.6. The van der Waals surface area contributed by atoms with E-state index in [2.05, 4.69) is 51.7 Å². The number of guanidine groups is 1. The molecule has 1 aliphatic rings. The second-order valence-electron chi connectivity index (χ2n) is 6.12. The van der Waals surface area contributed by atoms with E-state index < -0.39 is 0 Å². The molecule has 0 radical (unpaired) electrons. The Morgan fingerprint density at radius 2 is 2.00 bits per heavy atom. The van der Waals surface area contributed by atoms with Crippen LogP contribution in [-0.4, -0.2) is 42.9 Å². The lowest BCUT2D eigenvalue weighted by Gasteiger charge is -2.31. The Balaban J connectivity index is 1.93. The topological polar surface area (TPSA) is 56.7 Å². The molecule has 0 spiro atoms. The van der Waals surface area contributed by atoms with Gasteiger partial charge in [-0.25, -0.2) is 0 Å². The smallest absolute Gasteiger partial charge is 0.222 e. The molecule has 0 bridgehead atoms. The van der Waals surface area contributed by atoms with Crippen molar-refractivity contribution < 1.29 is 4.79 Å². The highest BCUT2D eigenvalue weighted by molar-refractivity contribution is 5.80. The summed E-state index contributed by atoms with van der Waals surface area (Å²) in [6.45, 7) is 9.75. The number of carbonyl (C=O) groups excluding carboxylic acids is 1. The summed E-state index contributed by atoms with van der Waals surface area (Å²) >= 11 is 0. The van der Waals surface area contributed by atoms with Crippen molar-refractivity contribution in [1.82, 2.24) is 15.5 Å². The standard InChI is InChI=1S/C18H28N4O/c1-4-19-18(21-11-10-20-17(23)14(2)3)22-12-9-15-7-5-6-8-16(15)13-22/h5-8,14H,4,9-13H2,1-3H3,(H,19,21)(H,20,23). The maximum atomic E-state index is 11.6. The van der Waals surface area contributed by atoms with Gasteiger partial charge in [0, 0.05) is 32.1 Å². The van der Waals surface area contributed by atoms with Crippen molar-refractivity contribution in [2.45, 2.75) is 33.7 Å². The molecule has 1 aliphatic heterocycles. The van der Waals surface area contributed by atoms with Crippen LogP contribution in [0.2, 0.25) is 0 Å². The van der Waals surface area contributed by atoms with E-state index in [1.54, 1.807) is 0 Å². The molecule has 1 aromatic rings. The van der Waals surface area contributed by atoms with Crippen LogP contribution in [0.5, 0.6) is 0 Å². The SMILES string of the molecule is CCNC(=NCCNC(=O)C(C)C)N1CCc2ccccc2C1. The van der Waals surface area contributed by atoms with Crippen molar-refractivity contribution in [2.75, 3.05) is 26.2 Å². The number of fused-ring (bicyclic) bond motifs is 1. The highest BCUT2D eigenvalue weighted by Gasteiger charge is 2.18. The number of hydrogen-bond donors (Lipinski definition) is 2. The number of nitrogens with zero attached hydrogens (tertiary/aromatic N) is 2. The minimum atomic E-state index is 0.0193. The molecule has 0 unspecified atom stereocenters. The summed E-state index contributed by atoms with van der Waals surface area (Å²) in [4.78, 5) is 18.5. The van der Waals surface area contributed by atoms with Crippen molar-refractivity contribution in [3.63, 3.8) is 0 Å². The molecule has 1 aromatic carbocycles. The molecule has 0 aliphatic carbocycles. The highest BCUT2D eigenvalue weighted by Crippen LogP contribution is 2.18. The molecule has 2 N–H and O–H groups in total. The Bertz CT molecular complexity index is 554. The van der Waals surface area contributed by atoms with Gasteiger partial charge < -0.3 is 15.5 Å². The monoisotopic (exact) mass is 316 g/mol. The lowest BCUT2D eigenvalue weighted by Crippen LogP contribution is -2.44. The highest BCUT2D eigenvalue weighted by atomic mass is 16.1. The first-order valence-corrected chi connectivity index (χ1v) is 8.49. The van der Waals surface area contributed by atoms with E-state index in [-0.39, 0.29) is 11.8 Å². The first-order chi connectivity index (χ1) is 11.1. The van der Waals surface area contributed by atoms with Crippen LogP contribution in [-0.2, 0) is 17.8 Å². The summed E-state index contributed by atoms with van der Waals surface area (Å²) in [5, 5.41) is 6.26. The van der Waals surface area contributed by atoms with Crippen molar-refractivity contribution in [3.05, 3.63) is 35.4 Å². The molecule has 1 amide bonds. The van der Waals surface area contributed by atoms with Crippen LogP contribution in [0.15, 0.2) is 29.3 Å². The fourth-order valence-corrected chi connectivity index (χ4v) is 2.65. The molecule has 0 saturated heterocycles. The molecule has 23 heavy (non-hydrogen) atoms. The minimum absolute atomic E-state index is 0.0193. The largest absolute Gasteiger partial charge is 0.357 e. The summed E-state index contributed by atoms with van der Waals surface area (Å²) in [7, 11) is 0. The van der Waals surface area contributed by atoms with E-state index in [4.69, 9.17) is 0 Å². The molecule has 0 atom stereocenters. The molecule has 0 fully saturated rings. The zero-order valence-electron chi connectivity index (χ0n) is 14.4. The van der Waals surface area contributed by atoms with Gasteiger partial charge in [0.1, 0.15) is 0 Å². The molecule has 5 heteroatoms. The predicted molar refractivity (Wildman–Crippen MR) is 94.4 cm³/mol. The molecule has 1 heterocycles. The molecule has 2 rings (SSSR count). The van der Waals surface area contributed by atoms with Gasteiger partial charge in [-0.1, -0.05) is 38.1 Å². The third-order valence-electron chi connectivity index (χ3n) is 3.96. The molecule has 126 valence electrons. The molecular weight excluding hydrogens is 288 g/mol. The lowest BCUT2D eigenvalue weighted by molar-refractivity contribution is -0.123. The van der Waals surface area contributed by atoms with E-state index in [0.717, 1.165) is 32.0 Å². The number of rotatable bonds is 5. The zero-order chi connectivity index (χ0) is 16.7. The molecule has 0 aromatic heterocycles. The Labute approximate surface area is 139 Å². The van der Waals surface area contributed by atoms with E-state index in [1.165, 1.54) is 11.1 Å². The predicted octanol–water partition coefficient (Wildman–Crippen LogP) is 1.78. The Morgan fingerprint density at radius 3 is 2.70 bits per heavy atom. The van der Waals surface area contributed by atoms with Crippen molar-refractivity contribution >= 4 is 11.9 Å². The van der Waals surface area contributed by atoms with Crippen LogP contribution in [0.3, 0.4) is 0 Å². The van der Waals surface area contributed by atoms with Crippen LogP contribution in [0.25, 0.3) is 0 Å². The fraction of sp³-hybridized carbons (Fsp3) is 0.556. The lowest BCUT2D eigenvalue weighted by atomic mass is 10.0. The van der Waals surface area contributed by atoms with Crippen molar-refractivity contribution in [2.24, 2.45) is 10.9 Å². The third-order valence-corrected chi connectivity index (χ3v) is 3.96. The van der Waals surface area contributed by atoms with E-state index >= 15 is 0 Å². The number of benzene rings is 1. The minimum Gasteiger partial charge on any atom is -0.357 e. The van der Waals surface area contributed by atoms with Gasteiger partial charge in [0.15, 0.2) is 5.96 Å². The van der Waals surface area contributed by atoms with Crippen molar-refractivity contribution in [1.29, 1.82) is 0 Å². The molecular formula is C18H28N4O. The summed E-state index contributed by atoms with van der Waals surface area (Å²) in [6.07, 6.45) is 1.05. The first-order valence-electron chi connectivity index (χ1n) is 8.49. The van der Waals surface area contributed by atoms with Gasteiger partial charge in [-0.3, -0.25) is 9.79 Å². The average molecular weight is 316 g/mol. The van der Waals surface area contributed by atoms with E-state index in [0.29, 0.717) is 13.1 Å². The van der Waals surface area contributed by atoms with E-state index in [9.17, 15) is 4.79 Å². The quantitative estimate of drug-likeness (QED) is 0.495. The number of aliphatic imine (C=N–C) groups is 1. The number of nitrogens with one attached hydrogen (secondary N) is 2. The second kappa shape index (κ2) is 8.56.